The van der Waals surface area contributed by atoms with Crippen molar-refractivity contribution < 1.29 is 14.7 Å². The van der Waals surface area contributed by atoms with Crippen LogP contribution in [0.4, 0.5) is 0 Å². The molecular formula is C13H12N2O3S3. The van der Waals surface area contributed by atoms with Crippen molar-refractivity contribution in [1.82, 2.24) is 9.88 Å². The van der Waals surface area contributed by atoms with Crippen LogP contribution in [0.15, 0.2) is 23.2 Å². The number of nitrogens with zero attached hydrogens (tertiary/aromatic N) is 1. The average molecular weight is 340 g/mol. The fourth-order valence-electron chi connectivity index (χ4n) is 1.77. The van der Waals surface area contributed by atoms with Gasteiger partial charge in [-0.05, 0) is 18.6 Å². The van der Waals surface area contributed by atoms with E-state index in [1.165, 1.54) is 16.7 Å². The Morgan fingerprint density at radius 3 is 2.90 bits per heavy atom. The Morgan fingerprint density at radius 1 is 1.48 bits per heavy atom. The van der Waals surface area contributed by atoms with Crippen LogP contribution < -0.4 is 0 Å². The van der Waals surface area contributed by atoms with Crippen LogP contribution >= 0.6 is 36.2 Å². The molecule has 1 aromatic rings. The average Bonchev–Trinajstić information content (AvgIpc) is 2.68. The number of aromatic nitrogens is 1. The summed E-state index contributed by atoms with van der Waals surface area (Å²) in [5, 5.41) is 8.63. The molecule has 1 fully saturated rings. The third-order valence-corrected chi connectivity index (χ3v) is 4.51. The molecule has 21 heavy (non-hydrogen) atoms. The molecule has 0 atom stereocenters. The number of aromatic amines is 1. The largest absolute Gasteiger partial charge is 0.481 e. The number of carboxylic acids is 1. The number of nitrogens with one attached hydrogen (secondary N) is 1. The minimum absolute atomic E-state index is 0.0139. The molecule has 2 rings (SSSR count). The monoisotopic (exact) mass is 340 g/mol. The van der Waals surface area contributed by atoms with Crippen molar-refractivity contribution in [3.05, 3.63) is 33.4 Å². The van der Waals surface area contributed by atoms with E-state index in [0.29, 0.717) is 26.8 Å². The maximum Gasteiger partial charge on any atom is 0.303 e. The molecule has 1 aromatic heterocycles. The van der Waals surface area contributed by atoms with Gasteiger partial charge in [-0.3, -0.25) is 14.5 Å². The number of H-pyrrole nitrogens is 1. The molecule has 8 heteroatoms. The molecule has 110 valence electrons. The number of aliphatic carboxylic acids is 1. The van der Waals surface area contributed by atoms with Crippen LogP contribution in [0.3, 0.4) is 0 Å². The first-order valence-corrected chi connectivity index (χ1v) is 7.77. The van der Waals surface area contributed by atoms with Gasteiger partial charge in [-0.2, -0.15) is 0 Å². The van der Waals surface area contributed by atoms with Crippen LogP contribution in [0.25, 0.3) is 6.08 Å². The van der Waals surface area contributed by atoms with Crippen molar-refractivity contribution in [2.75, 3.05) is 6.54 Å². The second-order valence-electron chi connectivity index (χ2n) is 4.29. The third-order valence-electron chi connectivity index (χ3n) is 2.78. The van der Waals surface area contributed by atoms with Crippen LogP contribution in [-0.4, -0.2) is 37.7 Å². The molecule has 0 spiro atoms. The number of rotatable bonds is 5. The summed E-state index contributed by atoms with van der Waals surface area (Å²) in [6.07, 6.45) is 3.81. The maximum absolute atomic E-state index is 12.3. The Morgan fingerprint density at radius 2 is 2.24 bits per heavy atom. The molecule has 0 saturated carbocycles. The van der Waals surface area contributed by atoms with Crippen molar-refractivity contribution in [3.8, 4) is 0 Å². The Labute approximate surface area is 136 Å². The highest BCUT2D eigenvalue weighted by molar-refractivity contribution is 8.26. The van der Waals surface area contributed by atoms with Crippen LogP contribution in [0.1, 0.15) is 18.4 Å². The van der Waals surface area contributed by atoms with Crippen molar-refractivity contribution in [1.29, 1.82) is 0 Å². The van der Waals surface area contributed by atoms with Gasteiger partial charge in [-0.15, -0.1) is 0 Å². The van der Waals surface area contributed by atoms with Crippen LogP contribution in [0.5, 0.6) is 0 Å². The number of pyridine rings is 1. The number of carbonyl (C=O) groups is 2. The zero-order valence-electron chi connectivity index (χ0n) is 10.9. The Hall–Kier alpha value is -1.51. The van der Waals surface area contributed by atoms with Crippen molar-refractivity contribution >= 4 is 58.5 Å². The van der Waals surface area contributed by atoms with Gasteiger partial charge in [0.05, 0.1) is 4.91 Å². The standard InChI is InChI=1S/C13H12N2O3S3/c16-10(17)4-2-6-15-12(18)9(21-13(15)20)7-8-3-1-5-14-11(8)19/h1,3,5,7H,2,4,6H2,(H,14,19)(H,16,17)/b9-7-. The number of thiocarbonyl (C=S) groups is 1. The predicted octanol–water partition coefficient (Wildman–Crippen LogP) is 2.81. The molecule has 5 nitrogen and oxygen atoms in total. The molecule has 1 saturated heterocycles. The lowest BCUT2D eigenvalue weighted by Crippen LogP contribution is -2.29. The molecule has 0 bridgehead atoms. The second kappa shape index (κ2) is 6.97. The number of carbonyl (C=O) groups excluding carboxylic acids is 1. The van der Waals surface area contributed by atoms with E-state index in [4.69, 9.17) is 29.5 Å². The molecule has 1 aliphatic heterocycles. The van der Waals surface area contributed by atoms with Gasteiger partial charge < -0.3 is 10.1 Å². The highest BCUT2D eigenvalue weighted by Gasteiger charge is 2.31. The zero-order valence-corrected chi connectivity index (χ0v) is 13.3. The van der Waals surface area contributed by atoms with E-state index in [2.05, 4.69) is 4.98 Å². The first-order valence-electron chi connectivity index (χ1n) is 6.14. The topological polar surface area (TPSA) is 73.4 Å². The fraction of sp³-hybridized carbons (Fsp3) is 0.231. The number of amides is 1. The van der Waals surface area contributed by atoms with E-state index in [0.717, 1.165) is 5.56 Å². The minimum atomic E-state index is -0.883. The molecule has 2 N–H and O–H groups in total. The lowest BCUT2D eigenvalue weighted by molar-refractivity contribution is -0.137. The van der Waals surface area contributed by atoms with E-state index in [1.807, 2.05) is 6.07 Å². The summed E-state index contributed by atoms with van der Waals surface area (Å²) >= 11 is 11.5. The zero-order chi connectivity index (χ0) is 15.4. The van der Waals surface area contributed by atoms with Gasteiger partial charge in [-0.1, -0.05) is 42.3 Å². The lowest BCUT2D eigenvalue weighted by atomic mass is 10.2. The van der Waals surface area contributed by atoms with Crippen LogP contribution in [0, 0.1) is 4.64 Å². The SMILES string of the molecule is O=C(O)CCCN1C(=O)/C(=C/c2ccc[nH]c2=S)SC1=S. The molecule has 0 unspecified atom stereocenters. The van der Waals surface area contributed by atoms with Crippen molar-refractivity contribution in [2.45, 2.75) is 12.8 Å². The van der Waals surface area contributed by atoms with Gasteiger partial charge in [0.2, 0.25) is 0 Å². The van der Waals surface area contributed by atoms with Gasteiger partial charge in [-0.25, -0.2) is 0 Å². The van der Waals surface area contributed by atoms with E-state index >= 15 is 0 Å². The van der Waals surface area contributed by atoms with E-state index < -0.39 is 5.97 Å². The Kier molecular flexibility index (Phi) is 5.27. The van der Waals surface area contributed by atoms with E-state index in [-0.39, 0.29) is 12.3 Å². The Bertz CT molecular complexity index is 681. The van der Waals surface area contributed by atoms with Gasteiger partial charge in [0.15, 0.2) is 0 Å². The molecule has 1 aliphatic rings. The minimum Gasteiger partial charge on any atom is -0.481 e. The summed E-state index contributed by atoms with van der Waals surface area (Å²) in [6, 6.07) is 3.62. The van der Waals surface area contributed by atoms with Crippen LogP contribution in [0.2, 0.25) is 0 Å². The van der Waals surface area contributed by atoms with E-state index in [1.54, 1.807) is 18.3 Å². The number of carboxylic acid groups (broad SMARTS) is 1. The summed E-state index contributed by atoms with van der Waals surface area (Å²) in [6.45, 7) is 0.315. The van der Waals surface area contributed by atoms with Gasteiger partial charge in [0.25, 0.3) is 5.91 Å². The van der Waals surface area contributed by atoms with Crippen molar-refractivity contribution in [3.63, 3.8) is 0 Å². The van der Waals surface area contributed by atoms with Crippen molar-refractivity contribution in [2.24, 2.45) is 0 Å². The second-order valence-corrected chi connectivity index (χ2v) is 6.37. The Balaban J connectivity index is 2.13. The first kappa shape index (κ1) is 15.9. The smallest absolute Gasteiger partial charge is 0.303 e. The summed E-state index contributed by atoms with van der Waals surface area (Å²) in [5.41, 5.74) is 0.749. The summed E-state index contributed by atoms with van der Waals surface area (Å²) in [7, 11) is 0. The maximum atomic E-state index is 12.3. The predicted molar refractivity (Wildman–Crippen MR) is 88.4 cm³/mol. The molecule has 0 aliphatic carbocycles. The van der Waals surface area contributed by atoms with Gasteiger partial charge in [0.1, 0.15) is 8.96 Å². The van der Waals surface area contributed by atoms with Crippen LogP contribution in [-0.2, 0) is 9.59 Å². The highest BCUT2D eigenvalue weighted by atomic mass is 32.2. The number of hydrogen-bond donors (Lipinski definition) is 2. The molecule has 0 radical (unpaired) electrons. The molecule has 2 heterocycles. The number of thioether (sulfide) groups is 1. The summed E-state index contributed by atoms with van der Waals surface area (Å²) in [4.78, 5) is 27.6. The van der Waals surface area contributed by atoms with Gasteiger partial charge in [0, 0.05) is 24.7 Å². The first-order chi connectivity index (χ1) is 9.99. The summed E-state index contributed by atoms with van der Waals surface area (Å²) < 4.78 is 0.996. The molecular weight excluding hydrogens is 328 g/mol. The quantitative estimate of drug-likeness (QED) is 0.634. The lowest BCUT2D eigenvalue weighted by Gasteiger charge is -2.13. The number of hydrogen-bond acceptors (Lipinski definition) is 5. The normalized spacial score (nSPS) is 16.8. The highest BCUT2D eigenvalue weighted by Crippen LogP contribution is 2.32. The fourth-order valence-corrected chi connectivity index (χ4v) is 3.27. The summed E-state index contributed by atoms with van der Waals surface area (Å²) in [5.74, 6) is -1.08. The van der Waals surface area contributed by atoms with E-state index in [9.17, 15) is 9.59 Å². The third kappa shape index (κ3) is 3.99. The molecule has 1 amide bonds. The molecule has 0 aromatic carbocycles. The van der Waals surface area contributed by atoms with Gasteiger partial charge >= 0.3 is 5.97 Å².